The van der Waals surface area contributed by atoms with Crippen molar-refractivity contribution in [1.82, 2.24) is 9.88 Å². The van der Waals surface area contributed by atoms with Gasteiger partial charge in [0.15, 0.2) is 0 Å². The number of aliphatic hydroxyl groups excluding tert-OH is 1. The van der Waals surface area contributed by atoms with E-state index in [1.54, 1.807) is 12.3 Å². The molecule has 96 valence electrons. The highest BCUT2D eigenvalue weighted by Gasteiger charge is 2.09. The smallest absolute Gasteiger partial charge is 0.307 e. The molecule has 1 amide bonds. The molecular weight excluding hydrogens is 240 g/mol. The molecule has 6 heteroatoms. The van der Waals surface area contributed by atoms with Gasteiger partial charge in [-0.25, -0.2) is 0 Å². The highest BCUT2D eigenvalue weighted by atomic mass is 32.1. The van der Waals surface area contributed by atoms with Crippen LogP contribution in [-0.4, -0.2) is 28.2 Å². The van der Waals surface area contributed by atoms with Crippen molar-refractivity contribution in [2.45, 2.75) is 39.3 Å². The van der Waals surface area contributed by atoms with Crippen LogP contribution in [0.1, 0.15) is 25.5 Å². The number of hydrogen-bond acceptors (Lipinski definition) is 4. The van der Waals surface area contributed by atoms with Gasteiger partial charge in [-0.15, -0.1) is 0 Å². The molecule has 1 aromatic rings. The Morgan fingerprint density at radius 3 is 2.88 bits per heavy atom. The quantitative estimate of drug-likeness (QED) is 0.780. The van der Waals surface area contributed by atoms with Crippen LogP contribution in [0.2, 0.25) is 0 Å². The summed E-state index contributed by atoms with van der Waals surface area (Å²) in [6.45, 7) is 4.02. The van der Waals surface area contributed by atoms with Crippen molar-refractivity contribution in [1.29, 1.82) is 0 Å². The molecule has 0 radical (unpaired) electrons. The second-order valence-corrected chi connectivity index (χ2v) is 4.80. The van der Waals surface area contributed by atoms with Gasteiger partial charge in [-0.1, -0.05) is 24.7 Å². The number of carbonyl (C=O) groups is 1. The third kappa shape index (κ3) is 4.32. The van der Waals surface area contributed by atoms with Crippen LogP contribution in [0.5, 0.6) is 0 Å². The lowest BCUT2D eigenvalue weighted by molar-refractivity contribution is -0.122. The van der Waals surface area contributed by atoms with Gasteiger partial charge in [0.1, 0.15) is 6.54 Å². The lowest BCUT2D eigenvalue weighted by atomic mass is 10.2. The summed E-state index contributed by atoms with van der Waals surface area (Å²) in [4.78, 5) is 22.8. The van der Waals surface area contributed by atoms with E-state index in [-0.39, 0.29) is 23.9 Å². The van der Waals surface area contributed by atoms with Crippen LogP contribution in [0, 0.1) is 6.92 Å². The van der Waals surface area contributed by atoms with Gasteiger partial charge >= 0.3 is 4.87 Å². The predicted octanol–water partition coefficient (Wildman–Crippen LogP) is 0.495. The van der Waals surface area contributed by atoms with Crippen molar-refractivity contribution in [3.8, 4) is 0 Å². The largest absolute Gasteiger partial charge is 0.391 e. The number of thiazole rings is 1. The van der Waals surface area contributed by atoms with Crippen LogP contribution in [0.3, 0.4) is 0 Å². The number of aryl methyl sites for hydroxylation is 1. The van der Waals surface area contributed by atoms with Gasteiger partial charge in [-0.2, -0.15) is 0 Å². The summed E-state index contributed by atoms with van der Waals surface area (Å²) in [5.74, 6) is -0.247. The average Bonchev–Trinajstić information content (AvgIpc) is 2.58. The molecule has 0 aliphatic heterocycles. The van der Waals surface area contributed by atoms with Crippen molar-refractivity contribution >= 4 is 17.2 Å². The molecule has 1 rings (SSSR count). The summed E-state index contributed by atoms with van der Waals surface area (Å²) in [6.07, 6.45) is 1.03. The molecule has 0 aromatic carbocycles. The molecular formula is C11H18N2O3S. The van der Waals surface area contributed by atoms with E-state index in [2.05, 4.69) is 5.32 Å². The molecule has 2 N–H and O–H groups in total. The molecule has 0 bridgehead atoms. The highest BCUT2D eigenvalue weighted by Crippen LogP contribution is 1.99. The third-order valence-corrected chi connectivity index (χ3v) is 3.32. The van der Waals surface area contributed by atoms with E-state index in [9.17, 15) is 14.7 Å². The molecule has 0 saturated heterocycles. The van der Waals surface area contributed by atoms with Gasteiger partial charge < -0.3 is 10.4 Å². The maximum atomic E-state index is 11.5. The van der Waals surface area contributed by atoms with Gasteiger partial charge in [-0.3, -0.25) is 14.2 Å². The summed E-state index contributed by atoms with van der Waals surface area (Å²) in [5, 5.41) is 13.8. The Morgan fingerprint density at radius 2 is 2.35 bits per heavy atom. The van der Waals surface area contributed by atoms with Crippen LogP contribution in [-0.2, 0) is 11.3 Å². The molecule has 0 fully saturated rings. The Balaban J connectivity index is 2.43. The highest BCUT2D eigenvalue weighted by molar-refractivity contribution is 7.07. The number of hydrogen-bond donors (Lipinski definition) is 2. The Hall–Kier alpha value is -1.14. The number of aromatic nitrogens is 1. The minimum absolute atomic E-state index is 0.0208. The first-order valence-electron chi connectivity index (χ1n) is 5.64. The monoisotopic (exact) mass is 258 g/mol. The number of nitrogens with one attached hydrogen (secondary N) is 1. The first-order valence-corrected chi connectivity index (χ1v) is 6.52. The molecule has 1 unspecified atom stereocenters. The molecule has 1 aromatic heterocycles. The molecule has 1 atom stereocenters. The minimum Gasteiger partial charge on any atom is -0.391 e. The zero-order chi connectivity index (χ0) is 12.8. The lowest BCUT2D eigenvalue weighted by Gasteiger charge is -2.11. The first-order chi connectivity index (χ1) is 8.04. The van der Waals surface area contributed by atoms with E-state index >= 15 is 0 Å². The average molecular weight is 258 g/mol. The second kappa shape index (κ2) is 6.56. The normalized spacial score (nSPS) is 12.4. The summed E-state index contributed by atoms with van der Waals surface area (Å²) < 4.78 is 1.42. The predicted molar refractivity (Wildman–Crippen MR) is 67.2 cm³/mol. The Kier molecular flexibility index (Phi) is 5.37. The van der Waals surface area contributed by atoms with Gasteiger partial charge in [-0.05, 0) is 13.3 Å². The second-order valence-electron chi connectivity index (χ2n) is 3.98. The van der Waals surface area contributed by atoms with Gasteiger partial charge in [0, 0.05) is 17.6 Å². The molecule has 0 aliphatic carbocycles. The SMILES string of the molecule is CCCC(O)CNC(=O)Cn1c(C)csc1=O. The number of amides is 1. The summed E-state index contributed by atoms with van der Waals surface area (Å²) >= 11 is 1.08. The maximum Gasteiger partial charge on any atom is 0.307 e. The molecule has 0 aliphatic rings. The Bertz CT molecular complexity index is 425. The summed E-state index contributed by atoms with van der Waals surface area (Å²) in [6, 6.07) is 0. The van der Waals surface area contributed by atoms with E-state index in [4.69, 9.17) is 0 Å². The van der Waals surface area contributed by atoms with Crippen LogP contribution in [0.4, 0.5) is 0 Å². The number of aliphatic hydroxyl groups is 1. The lowest BCUT2D eigenvalue weighted by Crippen LogP contribution is -2.36. The minimum atomic E-state index is -0.510. The molecule has 5 nitrogen and oxygen atoms in total. The molecule has 0 spiro atoms. The topological polar surface area (TPSA) is 71.3 Å². The van der Waals surface area contributed by atoms with Crippen molar-refractivity contribution in [2.75, 3.05) is 6.54 Å². The van der Waals surface area contributed by atoms with E-state index in [1.807, 2.05) is 6.92 Å². The zero-order valence-electron chi connectivity index (χ0n) is 10.1. The van der Waals surface area contributed by atoms with Gasteiger partial charge in [0.2, 0.25) is 5.91 Å². The van der Waals surface area contributed by atoms with Crippen molar-refractivity contribution in [3.05, 3.63) is 20.7 Å². The maximum absolute atomic E-state index is 11.5. The number of rotatable bonds is 6. The fourth-order valence-electron chi connectivity index (χ4n) is 1.46. The first kappa shape index (κ1) is 13.9. The summed E-state index contributed by atoms with van der Waals surface area (Å²) in [7, 11) is 0. The standard InChI is InChI=1S/C11H18N2O3S/c1-3-4-9(14)5-12-10(15)6-13-8(2)7-17-11(13)16/h7,9,14H,3-6H2,1-2H3,(H,12,15). The van der Waals surface area contributed by atoms with Crippen molar-refractivity contribution in [2.24, 2.45) is 0 Å². The Labute approximate surface area is 104 Å². The van der Waals surface area contributed by atoms with Gasteiger partial charge in [0.25, 0.3) is 0 Å². The van der Waals surface area contributed by atoms with Crippen LogP contribution >= 0.6 is 11.3 Å². The van der Waals surface area contributed by atoms with Crippen LogP contribution in [0.25, 0.3) is 0 Å². The van der Waals surface area contributed by atoms with E-state index in [0.717, 1.165) is 23.5 Å². The fourth-order valence-corrected chi connectivity index (χ4v) is 2.20. The van der Waals surface area contributed by atoms with Crippen LogP contribution < -0.4 is 10.2 Å². The van der Waals surface area contributed by atoms with E-state index in [0.29, 0.717) is 6.42 Å². The third-order valence-electron chi connectivity index (χ3n) is 2.43. The number of nitrogens with zero attached hydrogens (tertiary/aromatic N) is 1. The fraction of sp³-hybridized carbons (Fsp3) is 0.636. The summed E-state index contributed by atoms with van der Waals surface area (Å²) in [5.41, 5.74) is 0.782. The van der Waals surface area contributed by atoms with Crippen molar-refractivity contribution < 1.29 is 9.90 Å². The van der Waals surface area contributed by atoms with Gasteiger partial charge in [0.05, 0.1) is 6.10 Å². The van der Waals surface area contributed by atoms with E-state index < -0.39 is 6.10 Å². The molecule has 1 heterocycles. The number of carbonyl (C=O) groups excluding carboxylic acids is 1. The zero-order valence-corrected chi connectivity index (χ0v) is 10.9. The Morgan fingerprint density at radius 1 is 1.65 bits per heavy atom. The molecule has 0 saturated carbocycles. The van der Waals surface area contributed by atoms with E-state index in [1.165, 1.54) is 4.57 Å². The van der Waals surface area contributed by atoms with Crippen LogP contribution in [0.15, 0.2) is 10.2 Å². The van der Waals surface area contributed by atoms with Crippen molar-refractivity contribution in [3.63, 3.8) is 0 Å². The molecule has 17 heavy (non-hydrogen) atoms.